The topological polar surface area (TPSA) is 102 Å². The number of anilines is 2. The Bertz CT molecular complexity index is 677. The molecular formula is C11H12F3N6ORe-. The second-order valence-electron chi connectivity index (χ2n) is 5.04. The number of piperidine rings is 1. The van der Waals surface area contributed by atoms with E-state index in [1.54, 1.807) is 0 Å². The molecule has 0 spiro atoms. The predicted octanol–water partition coefficient (Wildman–Crippen LogP) is 0.455. The molecule has 1 unspecified atom stereocenters. The minimum absolute atomic E-state index is 0. The van der Waals surface area contributed by atoms with Crippen LogP contribution in [0.1, 0.15) is 12.8 Å². The molecule has 1 aliphatic heterocycles. The number of β-amino-alcohol motifs (C(OH)–C–C–N with tert-alkyl or cyclic N) is 1. The molecule has 22 heavy (non-hydrogen) atoms. The van der Waals surface area contributed by atoms with Gasteiger partial charge in [-0.2, -0.15) is 13.2 Å². The molecule has 11 heteroatoms. The van der Waals surface area contributed by atoms with E-state index < -0.39 is 18.3 Å². The van der Waals surface area contributed by atoms with Crippen molar-refractivity contribution in [2.75, 3.05) is 23.7 Å². The van der Waals surface area contributed by atoms with Crippen molar-refractivity contribution in [3.8, 4) is 0 Å². The molecule has 0 aliphatic carbocycles. The third-order valence-corrected chi connectivity index (χ3v) is 3.56. The van der Waals surface area contributed by atoms with Gasteiger partial charge in [-0.25, -0.2) is 4.98 Å². The maximum atomic E-state index is 13.0. The molecule has 2 aromatic heterocycles. The smallest absolute Gasteiger partial charge is 0.403 e. The number of halogens is 3. The monoisotopic (exact) mass is 488 g/mol. The number of alkyl halides is 3. The summed E-state index contributed by atoms with van der Waals surface area (Å²) in [7, 11) is 0. The van der Waals surface area contributed by atoms with Gasteiger partial charge in [-0.05, 0) is 18.5 Å². The van der Waals surface area contributed by atoms with Crippen molar-refractivity contribution < 1.29 is 38.7 Å². The zero-order valence-electron chi connectivity index (χ0n) is 11.2. The first-order chi connectivity index (χ1) is 9.80. The zero-order valence-corrected chi connectivity index (χ0v) is 13.9. The van der Waals surface area contributed by atoms with Crippen molar-refractivity contribution in [2.45, 2.75) is 24.6 Å². The number of hydrogen-bond donors (Lipinski definition) is 2. The molecule has 0 saturated carbocycles. The van der Waals surface area contributed by atoms with Crippen molar-refractivity contribution in [3.05, 3.63) is 6.20 Å². The molecule has 7 nitrogen and oxygen atoms in total. The van der Waals surface area contributed by atoms with Gasteiger partial charge in [-0.3, -0.25) is 5.10 Å². The Kier molecular flexibility index (Phi) is 4.34. The molecule has 1 atom stereocenters. The molecule has 1 fully saturated rings. The quantitative estimate of drug-likeness (QED) is 0.603. The maximum absolute atomic E-state index is 13.0. The van der Waals surface area contributed by atoms with Crippen LogP contribution in [0.3, 0.4) is 0 Å². The van der Waals surface area contributed by atoms with Gasteiger partial charge >= 0.3 is 6.18 Å². The molecule has 3 rings (SSSR count). The van der Waals surface area contributed by atoms with Crippen molar-refractivity contribution in [1.82, 2.24) is 20.2 Å². The van der Waals surface area contributed by atoms with Gasteiger partial charge < -0.3 is 25.8 Å². The average molecular weight is 487 g/mol. The van der Waals surface area contributed by atoms with E-state index in [-0.39, 0.29) is 50.7 Å². The van der Waals surface area contributed by atoms with Crippen LogP contribution >= 0.6 is 0 Å². The van der Waals surface area contributed by atoms with E-state index in [0.717, 1.165) is 0 Å². The van der Waals surface area contributed by atoms with E-state index in [9.17, 15) is 18.3 Å². The SMILES string of the molecule is Nc1nc(N2CCCC(O)(C(F)(F)F)C2)c2cn[n-]c2n1.[Re]. The summed E-state index contributed by atoms with van der Waals surface area (Å²) in [6.07, 6.45) is -3.49. The Labute approximate surface area is 136 Å². The Morgan fingerprint density at radius 1 is 1.36 bits per heavy atom. The number of aliphatic hydroxyl groups is 1. The van der Waals surface area contributed by atoms with Crippen LogP contribution in [0.2, 0.25) is 0 Å². The van der Waals surface area contributed by atoms with Crippen LogP contribution in [-0.2, 0) is 20.4 Å². The molecule has 2 aromatic rings. The Morgan fingerprint density at radius 2 is 2.09 bits per heavy atom. The number of nitrogens with zero attached hydrogens (tertiary/aromatic N) is 5. The molecule has 0 bridgehead atoms. The number of fused-ring (bicyclic) bond motifs is 1. The molecule has 1 radical (unpaired) electrons. The number of aromatic nitrogens is 4. The average Bonchev–Trinajstić information content (AvgIpc) is 2.84. The van der Waals surface area contributed by atoms with Crippen LogP contribution in [0.4, 0.5) is 24.9 Å². The summed E-state index contributed by atoms with van der Waals surface area (Å²) in [6, 6.07) is 0. The minimum atomic E-state index is -4.70. The summed E-state index contributed by atoms with van der Waals surface area (Å²) in [5, 5.41) is 17.7. The molecular weight excluding hydrogens is 475 g/mol. The molecule has 1 aliphatic rings. The number of nitrogens with two attached hydrogens (primary N) is 1. The van der Waals surface area contributed by atoms with E-state index in [0.29, 0.717) is 11.9 Å². The summed E-state index contributed by atoms with van der Waals surface area (Å²) in [6.45, 7) is -0.275. The first-order valence-corrected chi connectivity index (χ1v) is 6.26. The van der Waals surface area contributed by atoms with Crippen molar-refractivity contribution in [3.63, 3.8) is 0 Å². The summed E-state index contributed by atoms with van der Waals surface area (Å²) >= 11 is 0. The molecule has 3 N–H and O–H groups in total. The Balaban J connectivity index is 0.00000176. The van der Waals surface area contributed by atoms with Gasteiger partial charge in [-0.1, -0.05) is 0 Å². The van der Waals surface area contributed by atoms with Crippen molar-refractivity contribution in [2.24, 2.45) is 0 Å². The van der Waals surface area contributed by atoms with Crippen LogP contribution in [0.5, 0.6) is 0 Å². The van der Waals surface area contributed by atoms with Crippen LogP contribution < -0.4 is 15.7 Å². The van der Waals surface area contributed by atoms with Gasteiger partial charge in [0.25, 0.3) is 0 Å². The zero-order chi connectivity index (χ0) is 15.3. The van der Waals surface area contributed by atoms with Gasteiger partial charge in [0, 0.05) is 38.6 Å². The molecule has 0 aromatic carbocycles. The van der Waals surface area contributed by atoms with E-state index in [1.165, 1.54) is 11.1 Å². The minimum Gasteiger partial charge on any atom is -0.403 e. The van der Waals surface area contributed by atoms with E-state index in [2.05, 4.69) is 20.2 Å². The second kappa shape index (κ2) is 5.64. The normalized spacial score (nSPS) is 22.6. The fraction of sp³-hybridized carbons (Fsp3) is 0.545. The number of rotatable bonds is 1. The fourth-order valence-electron chi connectivity index (χ4n) is 2.48. The van der Waals surface area contributed by atoms with E-state index in [4.69, 9.17) is 5.73 Å². The van der Waals surface area contributed by atoms with Gasteiger partial charge in [0.15, 0.2) is 5.60 Å². The first kappa shape index (κ1) is 16.9. The van der Waals surface area contributed by atoms with Crippen LogP contribution in [0.15, 0.2) is 6.20 Å². The third kappa shape index (κ3) is 2.76. The maximum Gasteiger partial charge on any atom is 0.418 e. The van der Waals surface area contributed by atoms with E-state index in [1.807, 2.05) is 0 Å². The van der Waals surface area contributed by atoms with Crippen LogP contribution in [0.25, 0.3) is 11.0 Å². The first-order valence-electron chi connectivity index (χ1n) is 6.26. The van der Waals surface area contributed by atoms with Gasteiger partial charge in [-0.15, -0.1) is 0 Å². The molecule has 0 amide bonds. The second-order valence-corrected chi connectivity index (χ2v) is 5.04. The predicted molar refractivity (Wildman–Crippen MR) is 67.5 cm³/mol. The molecule has 3 heterocycles. The molecule has 121 valence electrons. The summed E-state index contributed by atoms with van der Waals surface area (Å²) in [5.74, 6) is 0.115. The third-order valence-electron chi connectivity index (χ3n) is 3.56. The van der Waals surface area contributed by atoms with Gasteiger partial charge in [0.05, 0.1) is 6.54 Å². The molecule has 1 saturated heterocycles. The van der Waals surface area contributed by atoms with E-state index >= 15 is 0 Å². The summed E-state index contributed by atoms with van der Waals surface area (Å²) < 4.78 is 39.0. The van der Waals surface area contributed by atoms with Crippen molar-refractivity contribution >= 4 is 22.8 Å². The standard InChI is InChI=1S/C11H12F3N6O.Re/c12-11(13,14)10(21)2-1-3-20(5-10)8-6-4-16-19-7(6)17-9(15)18-8;/h4,21H,1-3,5H2,(H2-,15,16,17,18,19);/q-1;. The van der Waals surface area contributed by atoms with Gasteiger partial charge in [0.1, 0.15) is 11.8 Å². The van der Waals surface area contributed by atoms with Crippen molar-refractivity contribution in [1.29, 1.82) is 0 Å². The Hall–Kier alpha value is -1.44. The fourth-order valence-corrected chi connectivity index (χ4v) is 2.48. The number of nitrogen functional groups attached to an aromatic ring is 1. The summed E-state index contributed by atoms with van der Waals surface area (Å²) in [4.78, 5) is 9.18. The number of hydrogen-bond acceptors (Lipinski definition) is 6. The summed E-state index contributed by atoms with van der Waals surface area (Å²) in [5.41, 5.74) is 3.00. The van der Waals surface area contributed by atoms with Crippen LogP contribution in [-0.4, -0.2) is 45.0 Å². The Morgan fingerprint density at radius 3 is 2.77 bits per heavy atom. The van der Waals surface area contributed by atoms with Gasteiger partial charge in [0.2, 0.25) is 0 Å². The largest absolute Gasteiger partial charge is 0.418 e. The van der Waals surface area contributed by atoms with Crippen LogP contribution in [0, 0.1) is 0 Å².